The third kappa shape index (κ3) is 3.82. The largest absolute Gasteiger partial charge is 0.322 e. The lowest BCUT2D eigenvalue weighted by molar-refractivity contribution is -0.111. The molecule has 20 heavy (non-hydrogen) atoms. The van der Waals surface area contributed by atoms with Crippen LogP contribution < -0.4 is 5.32 Å². The van der Waals surface area contributed by atoms with Gasteiger partial charge in [0, 0.05) is 17.3 Å². The lowest BCUT2D eigenvalue weighted by atomic mass is 10.2. The van der Waals surface area contributed by atoms with Crippen LogP contribution in [0.15, 0.2) is 54.6 Å². The van der Waals surface area contributed by atoms with Crippen molar-refractivity contribution in [1.82, 2.24) is 0 Å². The van der Waals surface area contributed by atoms with E-state index in [1.807, 2.05) is 0 Å². The van der Waals surface area contributed by atoms with E-state index >= 15 is 0 Å². The molecule has 2 aromatic rings. The first kappa shape index (κ1) is 13.6. The van der Waals surface area contributed by atoms with Crippen molar-refractivity contribution in [2.24, 2.45) is 0 Å². The van der Waals surface area contributed by atoms with E-state index in [0.29, 0.717) is 11.3 Å². The number of anilines is 1. The molecule has 2 nitrogen and oxygen atoms in total. The van der Waals surface area contributed by atoms with Crippen molar-refractivity contribution >= 4 is 17.7 Å². The van der Waals surface area contributed by atoms with Crippen LogP contribution in [-0.2, 0) is 4.79 Å². The van der Waals surface area contributed by atoms with Gasteiger partial charge in [0.15, 0.2) is 0 Å². The number of halogens is 1. The van der Waals surface area contributed by atoms with E-state index in [2.05, 4.69) is 11.2 Å². The van der Waals surface area contributed by atoms with Crippen molar-refractivity contribution < 1.29 is 9.18 Å². The zero-order chi connectivity index (χ0) is 14.4. The first-order valence-electron chi connectivity index (χ1n) is 5.99. The summed E-state index contributed by atoms with van der Waals surface area (Å²) < 4.78 is 12.7. The summed E-state index contributed by atoms with van der Waals surface area (Å²) in [6.45, 7) is 0. The molecular weight excluding hydrogens is 253 g/mol. The van der Waals surface area contributed by atoms with Crippen LogP contribution in [0.2, 0.25) is 0 Å². The highest BCUT2D eigenvalue weighted by Crippen LogP contribution is 2.10. The standard InChI is InChI=1S/C17H12FNO/c1-2-13-4-3-5-16(12-13)19-17(20)11-8-14-6-9-15(18)10-7-14/h1,3-12H,(H,19,20). The number of hydrogen-bond acceptors (Lipinski definition) is 1. The molecule has 1 N–H and O–H groups in total. The van der Waals surface area contributed by atoms with Gasteiger partial charge >= 0.3 is 0 Å². The van der Waals surface area contributed by atoms with Crippen LogP contribution in [0.4, 0.5) is 10.1 Å². The third-order valence-electron chi connectivity index (χ3n) is 2.59. The molecule has 0 aliphatic rings. The van der Waals surface area contributed by atoms with Gasteiger partial charge in [-0.2, -0.15) is 0 Å². The fourth-order valence-electron chi connectivity index (χ4n) is 1.62. The van der Waals surface area contributed by atoms with Crippen molar-refractivity contribution in [2.75, 3.05) is 5.32 Å². The van der Waals surface area contributed by atoms with Gasteiger partial charge in [0.25, 0.3) is 0 Å². The van der Waals surface area contributed by atoms with Gasteiger partial charge in [0.2, 0.25) is 5.91 Å². The van der Waals surface area contributed by atoms with Gasteiger partial charge in [-0.05, 0) is 42.0 Å². The van der Waals surface area contributed by atoms with Crippen molar-refractivity contribution in [1.29, 1.82) is 0 Å². The van der Waals surface area contributed by atoms with Crippen LogP contribution in [0.25, 0.3) is 6.08 Å². The molecule has 0 unspecified atom stereocenters. The minimum absolute atomic E-state index is 0.275. The Kier molecular flexibility index (Phi) is 4.31. The summed E-state index contributed by atoms with van der Waals surface area (Å²) in [5.41, 5.74) is 2.08. The second-order valence-electron chi connectivity index (χ2n) is 4.10. The molecule has 0 fully saturated rings. The molecule has 3 heteroatoms. The number of nitrogens with one attached hydrogen (secondary N) is 1. The minimum atomic E-state index is -0.308. The van der Waals surface area contributed by atoms with E-state index in [9.17, 15) is 9.18 Å². The van der Waals surface area contributed by atoms with E-state index in [1.54, 1.807) is 42.5 Å². The Labute approximate surface area is 116 Å². The molecule has 0 aromatic heterocycles. The summed E-state index contributed by atoms with van der Waals surface area (Å²) in [4.78, 5) is 11.7. The average Bonchev–Trinajstić information content (AvgIpc) is 2.47. The molecule has 0 bridgehead atoms. The summed E-state index contributed by atoms with van der Waals surface area (Å²) in [7, 11) is 0. The second-order valence-corrected chi connectivity index (χ2v) is 4.10. The Hall–Kier alpha value is -2.86. The molecule has 0 aliphatic carbocycles. The second kappa shape index (κ2) is 6.35. The number of rotatable bonds is 3. The van der Waals surface area contributed by atoms with Crippen LogP contribution in [0.1, 0.15) is 11.1 Å². The fraction of sp³-hybridized carbons (Fsp3) is 0. The monoisotopic (exact) mass is 265 g/mol. The van der Waals surface area contributed by atoms with Crippen molar-refractivity contribution in [3.63, 3.8) is 0 Å². The Morgan fingerprint density at radius 2 is 1.95 bits per heavy atom. The summed E-state index contributed by atoms with van der Waals surface area (Å²) >= 11 is 0. The quantitative estimate of drug-likeness (QED) is 0.668. The molecule has 1 amide bonds. The highest BCUT2D eigenvalue weighted by atomic mass is 19.1. The normalized spacial score (nSPS) is 10.2. The SMILES string of the molecule is C#Cc1cccc(NC(=O)C=Cc2ccc(F)cc2)c1. The highest BCUT2D eigenvalue weighted by Gasteiger charge is 1.98. The number of hydrogen-bond donors (Lipinski definition) is 1. The van der Waals surface area contributed by atoms with E-state index < -0.39 is 0 Å². The molecule has 2 aromatic carbocycles. The number of carbonyl (C=O) groups is 1. The van der Waals surface area contributed by atoms with Gasteiger partial charge in [-0.3, -0.25) is 4.79 Å². The van der Waals surface area contributed by atoms with Crippen LogP contribution in [0.5, 0.6) is 0 Å². The van der Waals surface area contributed by atoms with Crippen molar-refractivity contribution in [3.05, 3.63) is 71.6 Å². The van der Waals surface area contributed by atoms with Gasteiger partial charge < -0.3 is 5.32 Å². The molecule has 2 rings (SSSR count). The maximum atomic E-state index is 12.7. The predicted octanol–water partition coefficient (Wildman–Crippen LogP) is 3.46. The summed E-state index contributed by atoms with van der Waals surface area (Å²) in [6, 6.07) is 12.9. The van der Waals surface area contributed by atoms with E-state index in [0.717, 1.165) is 5.56 Å². The van der Waals surface area contributed by atoms with Crippen molar-refractivity contribution in [2.45, 2.75) is 0 Å². The zero-order valence-corrected chi connectivity index (χ0v) is 10.6. The van der Waals surface area contributed by atoms with Crippen LogP contribution >= 0.6 is 0 Å². The summed E-state index contributed by atoms with van der Waals surface area (Å²) in [5, 5.41) is 2.70. The molecule has 98 valence electrons. The molecule has 0 atom stereocenters. The van der Waals surface area contributed by atoms with Gasteiger partial charge in [-0.25, -0.2) is 4.39 Å². The Bertz CT molecular complexity index is 681. The van der Waals surface area contributed by atoms with E-state index in [4.69, 9.17) is 6.42 Å². The van der Waals surface area contributed by atoms with Crippen LogP contribution in [0.3, 0.4) is 0 Å². The van der Waals surface area contributed by atoms with Gasteiger partial charge in [-0.15, -0.1) is 6.42 Å². The Morgan fingerprint density at radius 1 is 1.20 bits per heavy atom. The number of benzene rings is 2. The molecule has 0 saturated heterocycles. The lowest BCUT2D eigenvalue weighted by Crippen LogP contribution is -2.07. The molecule has 0 aliphatic heterocycles. The van der Waals surface area contributed by atoms with Gasteiger partial charge in [0.05, 0.1) is 0 Å². The topological polar surface area (TPSA) is 29.1 Å². The van der Waals surface area contributed by atoms with Gasteiger partial charge in [0.1, 0.15) is 5.82 Å². The zero-order valence-electron chi connectivity index (χ0n) is 10.6. The van der Waals surface area contributed by atoms with E-state index in [-0.39, 0.29) is 11.7 Å². The number of carbonyl (C=O) groups excluding carboxylic acids is 1. The summed E-state index contributed by atoms with van der Waals surface area (Å²) in [5.74, 6) is 1.92. The van der Waals surface area contributed by atoms with Gasteiger partial charge in [-0.1, -0.05) is 24.1 Å². The van der Waals surface area contributed by atoms with Crippen LogP contribution in [-0.4, -0.2) is 5.91 Å². The summed E-state index contributed by atoms with van der Waals surface area (Å²) in [6.07, 6.45) is 8.28. The minimum Gasteiger partial charge on any atom is -0.322 e. The number of terminal acetylenes is 1. The maximum absolute atomic E-state index is 12.7. The average molecular weight is 265 g/mol. The number of amides is 1. The van der Waals surface area contributed by atoms with Crippen molar-refractivity contribution in [3.8, 4) is 12.3 Å². The first-order valence-corrected chi connectivity index (χ1v) is 5.99. The molecular formula is C17H12FNO. The first-order chi connectivity index (χ1) is 9.67. The fourth-order valence-corrected chi connectivity index (χ4v) is 1.62. The molecule has 0 saturated carbocycles. The Morgan fingerprint density at radius 3 is 2.65 bits per heavy atom. The lowest BCUT2D eigenvalue weighted by Gasteiger charge is -2.02. The molecule has 0 heterocycles. The van der Waals surface area contributed by atoms with Crippen LogP contribution in [0, 0.1) is 18.2 Å². The molecule has 0 spiro atoms. The van der Waals surface area contributed by atoms with E-state index in [1.165, 1.54) is 18.2 Å². The maximum Gasteiger partial charge on any atom is 0.248 e. The Balaban J connectivity index is 2.02. The smallest absolute Gasteiger partial charge is 0.248 e. The third-order valence-corrected chi connectivity index (χ3v) is 2.59. The predicted molar refractivity (Wildman–Crippen MR) is 78.4 cm³/mol. The highest BCUT2D eigenvalue weighted by molar-refractivity contribution is 6.01. The molecule has 0 radical (unpaired) electrons.